The molecular formula is C14H21N3O2. The standard InChI is InChI=1S/C14H21N3O2/c1-3-5-12(15)14(19)17-11-8-6-10(7-9-11)13(18)16-4-2/h6-9,12H,3-5,15H2,1-2H3,(H,16,18)(H,17,19). The van der Waals surface area contributed by atoms with Gasteiger partial charge < -0.3 is 16.4 Å². The maximum absolute atomic E-state index is 11.7. The first-order valence-corrected chi connectivity index (χ1v) is 6.53. The first-order chi connectivity index (χ1) is 9.08. The Hall–Kier alpha value is -1.88. The number of nitrogens with two attached hydrogens (primary N) is 1. The summed E-state index contributed by atoms with van der Waals surface area (Å²) in [5.74, 6) is -0.323. The molecule has 19 heavy (non-hydrogen) atoms. The van der Waals surface area contributed by atoms with E-state index in [1.165, 1.54) is 0 Å². The van der Waals surface area contributed by atoms with Crippen molar-refractivity contribution < 1.29 is 9.59 Å². The predicted octanol–water partition coefficient (Wildman–Crippen LogP) is 1.50. The largest absolute Gasteiger partial charge is 0.352 e. The second kappa shape index (κ2) is 7.53. The highest BCUT2D eigenvalue weighted by atomic mass is 16.2. The van der Waals surface area contributed by atoms with Crippen LogP contribution in [-0.2, 0) is 4.79 Å². The molecule has 0 aliphatic heterocycles. The molecule has 0 saturated heterocycles. The molecular weight excluding hydrogens is 242 g/mol. The van der Waals surface area contributed by atoms with Crippen LogP contribution in [0.15, 0.2) is 24.3 Å². The van der Waals surface area contributed by atoms with Crippen molar-refractivity contribution in [2.45, 2.75) is 32.7 Å². The van der Waals surface area contributed by atoms with Gasteiger partial charge in [-0.2, -0.15) is 0 Å². The van der Waals surface area contributed by atoms with Crippen LogP contribution in [-0.4, -0.2) is 24.4 Å². The number of anilines is 1. The van der Waals surface area contributed by atoms with Crippen LogP contribution in [0, 0.1) is 0 Å². The van der Waals surface area contributed by atoms with E-state index in [1.54, 1.807) is 24.3 Å². The van der Waals surface area contributed by atoms with Crippen molar-refractivity contribution in [2.75, 3.05) is 11.9 Å². The van der Waals surface area contributed by atoms with Gasteiger partial charge in [0, 0.05) is 17.8 Å². The number of benzene rings is 1. The predicted molar refractivity (Wildman–Crippen MR) is 76.0 cm³/mol. The lowest BCUT2D eigenvalue weighted by molar-refractivity contribution is -0.117. The Morgan fingerprint density at radius 3 is 2.37 bits per heavy atom. The van der Waals surface area contributed by atoms with Crippen LogP contribution in [0.3, 0.4) is 0 Å². The van der Waals surface area contributed by atoms with Gasteiger partial charge in [-0.25, -0.2) is 0 Å². The third kappa shape index (κ3) is 4.71. The molecule has 1 unspecified atom stereocenters. The van der Waals surface area contributed by atoms with E-state index in [-0.39, 0.29) is 11.8 Å². The average molecular weight is 263 g/mol. The van der Waals surface area contributed by atoms with E-state index < -0.39 is 6.04 Å². The average Bonchev–Trinajstić information content (AvgIpc) is 2.40. The third-order valence-electron chi connectivity index (χ3n) is 2.69. The van der Waals surface area contributed by atoms with E-state index >= 15 is 0 Å². The van der Waals surface area contributed by atoms with E-state index in [0.29, 0.717) is 24.2 Å². The number of hydrogen-bond acceptors (Lipinski definition) is 3. The second-order valence-electron chi connectivity index (χ2n) is 4.32. The molecule has 0 heterocycles. The molecule has 0 fully saturated rings. The molecule has 4 N–H and O–H groups in total. The summed E-state index contributed by atoms with van der Waals surface area (Å²) in [7, 11) is 0. The zero-order chi connectivity index (χ0) is 14.3. The molecule has 1 aromatic carbocycles. The van der Waals surface area contributed by atoms with Gasteiger partial charge in [0.25, 0.3) is 5.91 Å². The van der Waals surface area contributed by atoms with E-state index in [0.717, 1.165) is 6.42 Å². The topological polar surface area (TPSA) is 84.2 Å². The molecule has 1 rings (SSSR count). The summed E-state index contributed by atoms with van der Waals surface area (Å²) >= 11 is 0. The number of amides is 2. The molecule has 5 nitrogen and oxygen atoms in total. The van der Waals surface area contributed by atoms with Crippen LogP contribution in [0.5, 0.6) is 0 Å². The molecule has 104 valence electrons. The Kier molecular flexibility index (Phi) is 6.02. The van der Waals surface area contributed by atoms with Gasteiger partial charge >= 0.3 is 0 Å². The van der Waals surface area contributed by atoms with Gasteiger partial charge in [0.1, 0.15) is 0 Å². The minimum absolute atomic E-state index is 0.122. The smallest absolute Gasteiger partial charge is 0.251 e. The van der Waals surface area contributed by atoms with Gasteiger partial charge in [0.15, 0.2) is 0 Å². The Morgan fingerprint density at radius 2 is 1.84 bits per heavy atom. The fraction of sp³-hybridized carbons (Fsp3) is 0.429. The summed E-state index contributed by atoms with van der Waals surface area (Å²) in [5, 5.41) is 5.44. The molecule has 1 atom stereocenters. The third-order valence-corrected chi connectivity index (χ3v) is 2.69. The fourth-order valence-electron chi connectivity index (χ4n) is 1.64. The quantitative estimate of drug-likeness (QED) is 0.727. The lowest BCUT2D eigenvalue weighted by atomic mass is 10.1. The molecule has 0 radical (unpaired) electrons. The van der Waals surface area contributed by atoms with Gasteiger partial charge in [-0.15, -0.1) is 0 Å². The van der Waals surface area contributed by atoms with Gasteiger partial charge in [0.05, 0.1) is 6.04 Å². The van der Waals surface area contributed by atoms with E-state index in [2.05, 4.69) is 10.6 Å². The van der Waals surface area contributed by atoms with Crippen molar-refractivity contribution in [3.8, 4) is 0 Å². The maximum Gasteiger partial charge on any atom is 0.251 e. The molecule has 1 aromatic rings. The Balaban J connectivity index is 2.62. The highest BCUT2D eigenvalue weighted by Gasteiger charge is 2.12. The van der Waals surface area contributed by atoms with Gasteiger partial charge in [-0.1, -0.05) is 13.3 Å². The Labute approximate surface area is 113 Å². The highest BCUT2D eigenvalue weighted by molar-refractivity contribution is 5.97. The van der Waals surface area contributed by atoms with Crippen molar-refractivity contribution in [1.82, 2.24) is 5.32 Å². The first-order valence-electron chi connectivity index (χ1n) is 6.53. The van der Waals surface area contributed by atoms with Crippen LogP contribution in [0.2, 0.25) is 0 Å². The van der Waals surface area contributed by atoms with Crippen LogP contribution in [0.25, 0.3) is 0 Å². The number of nitrogens with one attached hydrogen (secondary N) is 2. The summed E-state index contributed by atoms with van der Waals surface area (Å²) in [6.07, 6.45) is 1.52. The van der Waals surface area contributed by atoms with Crippen LogP contribution < -0.4 is 16.4 Å². The molecule has 0 spiro atoms. The van der Waals surface area contributed by atoms with Crippen molar-refractivity contribution in [1.29, 1.82) is 0 Å². The summed E-state index contributed by atoms with van der Waals surface area (Å²) in [6, 6.07) is 6.24. The maximum atomic E-state index is 11.7. The number of carbonyl (C=O) groups is 2. The number of carbonyl (C=O) groups excluding carboxylic acids is 2. The van der Waals surface area contributed by atoms with Crippen molar-refractivity contribution >= 4 is 17.5 Å². The van der Waals surface area contributed by atoms with Gasteiger partial charge in [-0.3, -0.25) is 9.59 Å². The first kappa shape index (κ1) is 15.2. The fourth-order valence-corrected chi connectivity index (χ4v) is 1.64. The number of hydrogen-bond donors (Lipinski definition) is 3. The molecule has 5 heteroatoms. The van der Waals surface area contributed by atoms with Crippen molar-refractivity contribution in [3.05, 3.63) is 29.8 Å². The Morgan fingerprint density at radius 1 is 1.21 bits per heavy atom. The highest BCUT2D eigenvalue weighted by Crippen LogP contribution is 2.10. The second-order valence-corrected chi connectivity index (χ2v) is 4.32. The normalized spacial score (nSPS) is 11.7. The van der Waals surface area contributed by atoms with Crippen LogP contribution in [0.4, 0.5) is 5.69 Å². The van der Waals surface area contributed by atoms with Gasteiger partial charge in [-0.05, 0) is 37.6 Å². The lowest BCUT2D eigenvalue weighted by Gasteiger charge is -2.11. The van der Waals surface area contributed by atoms with Crippen molar-refractivity contribution in [2.24, 2.45) is 5.73 Å². The SMILES string of the molecule is CCCC(N)C(=O)Nc1ccc(C(=O)NCC)cc1. The summed E-state index contributed by atoms with van der Waals surface area (Å²) in [6.45, 7) is 4.43. The van der Waals surface area contributed by atoms with E-state index in [9.17, 15) is 9.59 Å². The van der Waals surface area contributed by atoms with Crippen LogP contribution in [0.1, 0.15) is 37.0 Å². The molecule has 0 aliphatic carbocycles. The molecule has 0 aliphatic rings. The molecule has 0 saturated carbocycles. The lowest BCUT2D eigenvalue weighted by Crippen LogP contribution is -2.35. The molecule has 0 aromatic heterocycles. The zero-order valence-electron chi connectivity index (χ0n) is 11.4. The summed E-state index contributed by atoms with van der Waals surface area (Å²) in [5.41, 5.74) is 6.93. The molecule has 2 amide bonds. The summed E-state index contributed by atoms with van der Waals surface area (Å²) in [4.78, 5) is 23.3. The van der Waals surface area contributed by atoms with Gasteiger partial charge in [0.2, 0.25) is 5.91 Å². The zero-order valence-corrected chi connectivity index (χ0v) is 11.4. The minimum atomic E-state index is -0.493. The molecule has 0 bridgehead atoms. The van der Waals surface area contributed by atoms with E-state index in [4.69, 9.17) is 5.73 Å². The van der Waals surface area contributed by atoms with Crippen LogP contribution >= 0.6 is 0 Å². The van der Waals surface area contributed by atoms with Crippen molar-refractivity contribution in [3.63, 3.8) is 0 Å². The minimum Gasteiger partial charge on any atom is -0.352 e. The van der Waals surface area contributed by atoms with E-state index in [1.807, 2.05) is 13.8 Å². The monoisotopic (exact) mass is 263 g/mol. The number of rotatable bonds is 6. The Bertz CT molecular complexity index is 429. The summed E-state index contributed by atoms with van der Waals surface area (Å²) < 4.78 is 0.